The topological polar surface area (TPSA) is 108 Å². The zero-order chi connectivity index (χ0) is 24.8. The predicted molar refractivity (Wildman–Crippen MR) is 135 cm³/mol. The minimum absolute atomic E-state index is 0.238. The van der Waals surface area contributed by atoms with Gasteiger partial charge in [-0.15, -0.1) is 0 Å². The van der Waals surface area contributed by atoms with Crippen LogP contribution in [0.25, 0.3) is 11.1 Å². The molecule has 0 aliphatic carbocycles. The van der Waals surface area contributed by atoms with Crippen LogP contribution in [-0.2, 0) is 4.79 Å². The molecule has 0 unspecified atom stereocenters. The Hall–Kier alpha value is -3.55. The van der Waals surface area contributed by atoms with Gasteiger partial charge in [-0.05, 0) is 59.5 Å². The number of carboxylic acids is 1. The van der Waals surface area contributed by atoms with Crippen molar-refractivity contribution in [3.8, 4) is 11.1 Å². The highest BCUT2D eigenvalue weighted by molar-refractivity contribution is 6.36. The maximum absolute atomic E-state index is 12.4. The molecule has 3 amide bonds. The molecule has 0 heterocycles. The van der Waals surface area contributed by atoms with E-state index >= 15 is 0 Å². The molecule has 1 atom stereocenters. The average molecular weight is 500 g/mol. The van der Waals surface area contributed by atoms with E-state index in [9.17, 15) is 19.5 Å². The van der Waals surface area contributed by atoms with Gasteiger partial charge in [0, 0.05) is 16.3 Å². The van der Waals surface area contributed by atoms with Crippen molar-refractivity contribution >= 4 is 52.5 Å². The lowest BCUT2D eigenvalue weighted by Crippen LogP contribution is -2.44. The number of halogens is 2. The van der Waals surface area contributed by atoms with E-state index in [1.165, 1.54) is 6.07 Å². The highest BCUT2D eigenvalue weighted by atomic mass is 35.5. The molecule has 0 spiro atoms. The summed E-state index contributed by atoms with van der Waals surface area (Å²) in [5.74, 6) is -1.75. The molecule has 0 bridgehead atoms. The van der Waals surface area contributed by atoms with Gasteiger partial charge in [0.1, 0.15) is 6.04 Å². The first kappa shape index (κ1) is 25.1. The summed E-state index contributed by atoms with van der Waals surface area (Å²) in [5.41, 5.74) is 3.12. The third-order valence-electron chi connectivity index (χ3n) is 5.02. The molecule has 34 heavy (non-hydrogen) atoms. The molecule has 3 aromatic carbocycles. The van der Waals surface area contributed by atoms with Crippen LogP contribution >= 0.6 is 23.2 Å². The van der Waals surface area contributed by atoms with Crippen LogP contribution in [0.5, 0.6) is 0 Å². The minimum atomic E-state index is -1.07. The van der Waals surface area contributed by atoms with Gasteiger partial charge in [0.05, 0.1) is 10.7 Å². The van der Waals surface area contributed by atoms with Crippen molar-refractivity contribution in [2.75, 3.05) is 10.6 Å². The van der Waals surface area contributed by atoms with E-state index in [2.05, 4.69) is 16.0 Å². The summed E-state index contributed by atoms with van der Waals surface area (Å²) in [6.45, 7) is 3.47. The fourth-order valence-corrected chi connectivity index (χ4v) is 3.63. The van der Waals surface area contributed by atoms with Crippen molar-refractivity contribution < 1.29 is 19.5 Å². The molecule has 0 aromatic heterocycles. The summed E-state index contributed by atoms with van der Waals surface area (Å²) < 4.78 is 0. The highest BCUT2D eigenvalue weighted by Crippen LogP contribution is 2.26. The van der Waals surface area contributed by atoms with Crippen LogP contribution in [0.15, 0.2) is 66.7 Å². The van der Waals surface area contributed by atoms with E-state index in [0.29, 0.717) is 27.0 Å². The predicted octanol–water partition coefficient (Wildman–Crippen LogP) is 6.14. The Morgan fingerprint density at radius 2 is 1.41 bits per heavy atom. The highest BCUT2D eigenvalue weighted by Gasteiger charge is 2.23. The smallest absolute Gasteiger partial charge is 0.326 e. The standard InChI is InChI=1S/C25H23Cl2N3O4/c1-14(2)22(24(32)33)30-23(31)17-5-3-15(4-6-17)16-7-10-19(11-8-16)28-25(34)29-21-12-9-18(26)13-20(21)27/h3-14,22H,1-2H3,(H,30,31)(H,32,33)(H2,28,29,34)/t22-/m0/s1. The number of hydrogen-bond acceptors (Lipinski definition) is 3. The molecule has 0 aliphatic heterocycles. The molecule has 176 valence electrons. The molecular formula is C25H23Cl2N3O4. The summed E-state index contributed by atoms with van der Waals surface area (Å²) in [4.78, 5) is 35.9. The van der Waals surface area contributed by atoms with Crippen LogP contribution in [0.4, 0.5) is 16.2 Å². The summed E-state index contributed by atoms with van der Waals surface area (Å²) in [5, 5.41) is 18.0. The zero-order valence-corrected chi connectivity index (χ0v) is 19.9. The number of carbonyl (C=O) groups is 3. The third kappa shape index (κ3) is 6.50. The lowest BCUT2D eigenvalue weighted by atomic mass is 10.0. The maximum atomic E-state index is 12.4. The Balaban J connectivity index is 1.62. The average Bonchev–Trinajstić information content (AvgIpc) is 2.79. The van der Waals surface area contributed by atoms with Gasteiger partial charge in [0.25, 0.3) is 5.91 Å². The van der Waals surface area contributed by atoms with Crippen molar-refractivity contribution in [3.05, 3.63) is 82.3 Å². The van der Waals surface area contributed by atoms with E-state index in [1.807, 2.05) is 12.1 Å². The molecule has 3 rings (SSSR count). The van der Waals surface area contributed by atoms with Crippen molar-refractivity contribution in [3.63, 3.8) is 0 Å². The number of hydrogen-bond donors (Lipinski definition) is 4. The first-order chi connectivity index (χ1) is 16.1. The number of nitrogens with one attached hydrogen (secondary N) is 3. The van der Waals surface area contributed by atoms with Crippen molar-refractivity contribution in [1.82, 2.24) is 5.32 Å². The fraction of sp³-hybridized carbons (Fsp3) is 0.160. The van der Waals surface area contributed by atoms with E-state index in [-0.39, 0.29) is 5.92 Å². The molecule has 7 nitrogen and oxygen atoms in total. The lowest BCUT2D eigenvalue weighted by molar-refractivity contribution is -0.140. The molecule has 0 saturated heterocycles. The van der Waals surface area contributed by atoms with Crippen LogP contribution in [0.2, 0.25) is 10.0 Å². The number of carbonyl (C=O) groups excluding carboxylic acids is 2. The van der Waals surface area contributed by atoms with Crippen molar-refractivity contribution in [2.24, 2.45) is 5.92 Å². The van der Waals surface area contributed by atoms with Crippen molar-refractivity contribution in [1.29, 1.82) is 0 Å². The van der Waals surface area contributed by atoms with Crippen LogP contribution in [0.1, 0.15) is 24.2 Å². The van der Waals surface area contributed by atoms with Crippen LogP contribution in [-0.4, -0.2) is 29.1 Å². The lowest BCUT2D eigenvalue weighted by Gasteiger charge is -2.18. The van der Waals surface area contributed by atoms with Gasteiger partial charge in [-0.3, -0.25) is 4.79 Å². The molecule has 3 aromatic rings. The second-order valence-corrected chi connectivity index (χ2v) is 8.74. The van der Waals surface area contributed by atoms with Gasteiger partial charge < -0.3 is 21.1 Å². The van der Waals surface area contributed by atoms with Crippen LogP contribution in [0.3, 0.4) is 0 Å². The quantitative estimate of drug-likeness (QED) is 0.312. The number of rotatable bonds is 7. The minimum Gasteiger partial charge on any atom is -0.480 e. The molecular weight excluding hydrogens is 477 g/mol. The largest absolute Gasteiger partial charge is 0.480 e. The van der Waals surface area contributed by atoms with Gasteiger partial charge in [-0.25, -0.2) is 9.59 Å². The Kier molecular flexibility index (Phi) is 8.15. The fourth-order valence-electron chi connectivity index (χ4n) is 3.17. The molecule has 0 radical (unpaired) electrons. The number of carboxylic acid groups (broad SMARTS) is 1. The van der Waals surface area contributed by atoms with Crippen molar-refractivity contribution in [2.45, 2.75) is 19.9 Å². The Morgan fingerprint density at radius 3 is 1.94 bits per heavy atom. The summed E-state index contributed by atoms with van der Waals surface area (Å²) in [7, 11) is 0. The normalized spacial score (nSPS) is 11.6. The van der Waals surface area contributed by atoms with Gasteiger partial charge in [-0.2, -0.15) is 0 Å². The Bertz CT molecular complexity index is 1200. The SMILES string of the molecule is CC(C)[C@H](NC(=O)c1ccc(-c2ccc(NC(=O)Nc3ccc(Cl)cc3Cl)cc2)cc1)C(=O)O. The van der Waals surface area contributed by atoms with E-state index in [1.54, 1.807) is 62.4 Å². The molecule has 4 N–H and O–H groups in total. The Labute approximate surface area is 207 Å². The Morgan fingerprint density at radius 1 is 0.824 bits per heavy atom. The van der Waals surface area contributed by atoms with E-state index < -0.39 is 23.9 Å². The number of urea groups is 1. The molecule has 0 fully saturated rings. The molecule has 0 saturated carbocycles. The number of aliphatic carboxylic acids is 1. The maximum Gasteiger partial charge on any atom is 0.326 e. The van der Waals surface area contributed by atoms with Crippen LogP contribution < -0.4 is 16.0 Å². The van der Waals surface area contributed by atoms with Crippen LogP contribution in [0, 0.1) is 5.92 Å². The summed E-state index contributed by atoms with van der Waals surface area (Å²) in [6.07, 6.45) is 0. The monoisotopic (exact) mass is 499 g/mol. The second-order valence-electron chi connectivity index (χ2n) is 7.89. The number of anilines is 2. The van der Waals surface area contributed by atoms with Gasteiger partial charge >= 0.3 is 12.0 Å². The first-order valence-electron chi connectivity index (χ1n) is 10.4. The summed E-state index contributed by atoms with van der Waals surface area (Å²) >= 11 is 11.9. The zero-order valence-electron chi connectivity index (χ0n) is 18.4. The molecule has 9 heteroatoms. The molecule has 0 aliphatic rings. The van der Waals surface area contributed by atoms with Gasteiger partial charge in [0.2, 0.25) is 0 Å². The number of amides is 3. The first-order valence-corrected chi connectivity index (χ1v) is 11.2. The third-order valence-corrected chi connectivity index (χ3v) is 5.57. The van der Waals surface area contributed by atoms with E-state index in [4.69, 9.17) is 23.2 Å². The van der Waals surface area contributed by atoms with E-state index in [0.717, 1.165) is 11.1 Å². The summed E-state index contributed by atoms with van der Waals surface area (Å²) in [6, 6.07) is 17.4. The van der Waals surface area contributed by atoms with Gasteiger partial charge in [-0.1, -0.05) is 61.3 Å². The van der Waals surface area contributed by atoms with Gasteiger partial charge in [0.15, 0.2) is 0 Å². The second kappa shape index (κ2) is 11.0. The number of benzene rings is 3.